The van der Waals surface area contributed by atoms with Gasteiger partial charge >= 0.3 is 0 Å². The zero-order valence-corrected chi connectivity index (χ0v) is 11.5. The predicted molar refractivity (Wildman–Crippen MR) is 75.6 cm³/mol. The summed E-state index contributed by atoms with van der Waals surface area (Å²) >= 11 is 0. The van der Waals surface area contributed by atoms with Crippen molar-refractivity contribution in [3.05, 3.63) is 30.0 Å². The van der Waals surface area contributed by atoms with Crippen LogP contribution < -0.4 is 10.1 Å². The van der Waals surface area contributed by atoms with Gasteiger partial charge in [0.05, 0.1) is 13.2 Å². The van der Waals surface area contributed by atoms with Crippen molar-refractivity contribution in [2.24, 2.45) is 0 Å². The van der Waals surface area contributed by atoms with E-state index in [4.69, 9.17) is 9.15 Å². The molecular formula is C15H20N2O2. The minimum Gasteiger partial charge on any atom is -0.497 e. The first-order valence-corrected chi connectivity index (χ1v) is 6.75. The molecule has 1 N–H and O–H groups in total. The second-order valence-corrected chi connectivity index (χ2v) is 5.18. The number of fused-ring (bicyclic) bond motifs is 1. The SMILES string of the molecule is COc1ccc2oc(C3CN(C)CCCN3)cc2c1. The normalized spacial score (nSPS) is 21.5. The molecule has 1 fully saturated rings. The Morgan fingerprint density at radius 2 is 2.26 bits per heavy atom. The van der Waals surface area contributed by atoms with Gasteiger partial charge in [-0.2, -0.15) is 0 Å². The Balaban J connectivity index is 1.91. The molecule has 0 radical (unpaired) electrons. The third kappa shape index (κ3) is 2.60. The first kappa shape index (κ1) is 12.5. The minimum atomic E-state index is 0.269. The lowest BCUT2D eigenvalue weighted by Gasteiger charge is -2.18. The van der Waals surface area contributed by atoms with Crippen molar-refractivity contribution in [3.63, 3.8) is 0 Å². The van der Waals surface area contributed by atoms with Gasteiger partial charge in [0, 0.05) is 11.9 Å². The average Bonchev–Trinajstić information content (AvgIpc) is 2.72. The zero-order chi connectivity index (χ0) is 13.2. The van der Waals surface area contributed by atoms with E-state index in [0.29, 0.717) is 0 Å². The highest BCUT2D eigenvalue weighted by Gasteiger charge is 2.20. The highest BCUT2D eigenvalue weighted by molar-refractivity contribution is 5.79. The van der Waals surface area contributed by atoms with Crippen LogP contribution in [0.4, 0.5) is 0 Å². The largest absolute Gasteiger partial charge is 0.497 e. The van der Waals surface area contributed by atoms with Gasteiger partial charge in [-0.15, -0.1) is 0 Å². The fourth-order valence-electron chi connectivity index (χ4n) is 2.62. The third-order valence-electron chi connectivity index (χ3n) is 3.69. The van der Waals surface area contributed by atoms with Gasteiger partial charge in [0.25, 0.3) is 0 Å². The van der Waals surface area contributed by atoms with Gasteiger partial charge in [0.2, 0.25) is 0 Å². The number of ether oxygens (including phenoxy) is 1. The number of hydrogen-bond acceptors (Lipinski definition) is 4. The maximum absolute atomic E-state index is 5.97. The Kier molecular flexibility index (Phi) is 3.44. The van der Waals surface area contributed by atoms with Crippen LogP contribution in [0.3, 0.4) is 0 Å². The van der Waals surface area contributed by atoms with E-state index in [-0.39, 0.29) is 6.04 Å². The van der Waals surface area contributed by atoms with Crippen molar-refractivity contribution in [1.82, 2.24) is 10.2 Å². The van der Waals surface area contributed by atoms with Crippen LogP contribution in [0.1, 0.15) is 18.2 Å². The Labute approximate surface area is 113 Å². The summed E-state index contributed by atoms with van der Waals surface area (Å²) in [5, 5.41) is 4.65. The van der Waals surface area contributed by atoms with Crippen LogP contribution in [0, 0.1) is 0 Å². The van der Waals surface area contributed by atoms with Crippen LogP contribution >= 0.6 is 0 Å². The highest BCUT2D eigenvalue weighted by Crippen LogP contribution is 2.28. The summed E-state index contributed by atoms with van der Waals surface area (Å²) in [5.41, 5.74) is 0.921. The molecule has 102 valence electrons. The van der Waals surface area contributed by atoms with Crippen LogP contribution in [-0.4, -0.2) is 38.7 Å². The zero-order valence-electron chi connectivity index (χ0n) is 11.5. The monoisotopic (exact) mass is 260 g/mol. The summed E-state index contributed by atoms with van der Waals surface area (Å²) in [6.45, 7) is 3.16. The van der Waals surface area contributed by atoms with E-state index in [1.807, 2.05) is 18.2 Å². The summed E-state index contributed by atoms with van der Waals surface area (Å²) in [6, 6.07) is 8.31. The number of benzene rings is 1. The van der Waals surface area contributed by atoms with E-state index in [2.05, 4.69) is 23.3 Å². The molecule has 1 unspecified atom stereocenters. The molecule has 2 aromatic rings. The lowest BCUT2D eigenvalue weighted by Crippen LogP contribution is -2.28. The molecule has 1 atom stereocenters. The van der Waals surface area contributed by atoms with E-state index in [0.717, 1.165) is 42.1 Å². The topological polar surface area (TPSA) is 37.6 Å². The van der Waals surface area contributed by atoms with Gasteiger partial charge in [-0.1, -0.05) is 0 Å². The summed E-state index contributed by atoms with van der Waals surface area (Å²) in [7, 11) is 3.84. The molecule has 1 saturated heterocycles. The van der Waals surface area contributed by atoms with Gasteiger partial charge in [-0.05, 0) is 50.8 Å². The Bertz CT molecular complexity index is 564. The molecule has 2 heterocycles. The van der Waals surface area contributed by atoms with E-state index >= 15 is 0 Å². The number of nitrogens with one attached hydrogen (secondary N) is 1. The van der Waals surface area contributed by atoms with Crippen LogP contribution in [0.15, 0.2) is 28.7 Å². The number of nitrogens with zero attached hydrogens (tertiary/aromatic N) is 1. The molecule has 1 aromatic carbocycles. The summed E-state index contributed by atoms with van der Waals surface area (Å²) in [4.78, 5) is 2.35. The molecule has 1 aromatic heterocycles. The van der Waals surface area contributed by atoms with E-state index in [1.165, 1.54) is 6.42 Å². The first-order chi connectivity index (χ1) is 9.26. The van der Waals surface area contributed by atoms with Gasteiger partial charge in [0.15, 0.2) is 0 Å². The second kappa shape index (κ2) is 5.23. The van der Waals surface area contributed by atoms with Crippen LogP contribution in [-0.2, 0) is 0 Å². The van der Waals surface area contributed by atoms with E-state index in [1.54, 1.807) is 7.11 Å². The van der Waals surface area contributed by atoms with Crippen molar-refractivity contribution < 1.29 is 9.15 Å². The molecule has 0 saturated carbocycles. The van der Waals surface area contributed by atoms with Crippen molar-refractivity contribution in [1.29, 1.82) is 0 Å². The van der Waals surface area contributed by atoms with Gasteiger partial charge in [0.1, 0.15) is 17.1 Å². The fraction of sp³-hybridized carbons (Fsp3) is 0.467. The summed E-state index contributed by atoms with van der Waals surface area (Å²) in [5.74, 6) is 1.88. The number of likely N-dealkylation sites (N-methyl/N-ethyl adjacent to an activating group) is 1. The molecule has 0 bridgehead atoms. The standard InChI is InChI=1S/C15H20N2O2/c1-17-7-3-6-16-13(10-17)15-9-11-8-12(18-2)4-5-14(11)19-15/h4-5,8-9,13,16H,3,6-7,10H2,1-2H3. The maximum Gasteiger partial charge on any atom is 0.134 e. The molecule has 3 rings (SSSR count). The molecule has 1 aliphatic rings. The Hall–Kier alpha value is -1.52. The quantitative estimate of drug-likeness (QED) is 0.900. The van der Waals surface area contributed by atoms with Crippen LogP contribution in [0.2, 0.25) is 0 Å². The minimum absolute atomic E-state index is 0.269. The average molecular weight is 260 g/mol. The molecule has 0 aliphatic carbocycles. The van der Waals surface area contributed by atoms with Crippen LogP contribution in [0.25, 0.3) is 11.0 Å². The van der Waals surface area contributed by atoms with Crippen molar-refractivity contribution >= 4 is 11.0 Å². The van der Waals surface area contributed by atoms with E-state index in [9.17, 15) is 0 Å². The maximum atomic E-state index is 5.97. The molecule has 0 amide bonds. The number of furan rings is 1. The first-order valence-electron chi connectivity index (χ1n) is 6.75. The smallest absolute Gasteiger partial charge is 0.134 e. The molecule has 0 spiro atoms. The fourth-order valence-corrected chi connectivity index (χ4v) is 2.62. The second-order valence-electron chi connectivity index (χ2n) is 5.18. The summed E-state index contributed by atoms with van der Waals surface area (Å²) < 4.78 is 11.2. The molecule has 19 heavy (non-hydrogen) atoms. The van der Waals surface area contributed by atoms with Crippen molar-refractivity contribution in [2.75, 3.05) is 33.8 Å². The van der Waals surface area contributed by atoms with Crippen LogP contribution in [0.5, 0.6) is 5.75 Å². The number of rotatable bonds is 2. The third-order valence-corrected chi connectivity index (χ3v) is 3.69. The number of hydrogen-bond donors (Lipinski definition) is 1. The Morgan fingerprint density at radius 1 is 1.37 bits per heavy atom. The molecule has 4 nitrogen and oxygen atoms in total. The van der Waals surface area contributed by atoms with E-state index < -0.39 is 0 Å². The van der Waals surface area contributed by atoms with Gasteiger partial charge in [-0.25, -0.2) is 0 Å². The van der Waals surface area contributed by atoms with Gasteiger partial charge in [-0.3, -0.25) is 0 Å². The molecule has 4 heteroatoms. The Morgan fingerprint density at radius 3 is 3.11 bits per heavy atom. The molecular weight excluding hydrogens is 240 g/mol. The highest BCUT2D eigenvalue weighted by atomic mass is 16.5. The lowest BCUT2D eigenvalue weighted by atomic mass is 10.2. The molecule has 1 aliphatic heterocycles. The van der Waals surface area contributed by atoms with Crippen molar-refractivity contribution in [3.8, 4) is 5.75 Å². The summed E-state index contributed by atoms with van der Waals surface area (Å²) in [6.07, 6.45) is 1.18. The number of methoxy groups -OCH3 is 1. The predicted octanol–water partition coefficient (Wildman–Crippen LogP) is 2.41. The van der Waals surface area contributed by atoms with Crippen molar-refractivity contribution in [2.45, 2.75) is 12.5 Å². The van der Waals surface area contributed by atoms with Gasteiger partial charge < -0.3 is 19.4 Å². The lowest BCUT2D eigenvalue weighted by molar-refractivity contribution is 0.308.